The largest absolute Gasteiger partial charge is 0.352 e. The predicted molar refractivity (Wildman–Crippen MR) is 98.7 cm³/mol. The molecule has 2 unspecified atom stereocenters. The molecular weight excluding hydrogens is 340 g/mol. The van der Waals surface area contributed by atoms with E-state index in [9.17, 15) is 0 Å². The highest BCUT2D eigenvalue weighted by molar-refractivity contribution is 9.09. The van der Waals surface area contributed by atoms with Gasteiger partial charge in [0.1, 0.15) is 0 Å². The van der Waals surface area contributed by atoms with Crippen LogP contribution < -0.4 is 0 Å². The maximum atomic E-state index is 5.91. The Bertz CT molecular complexity index is 235. The molecule has 1 heterocycles. The Kier molecular flexibility index (Phi) is 13.9. The molecule has 0 aromatic rings. The van der Waals surface area contributed by atoms with Gasteiger partial charge in [0.15, 0.2) is 6.29 Å². The average molecular weight is 377 g/mol. The minimum absolute atomic E-state index is 0.0651. The number of unbranched alkanes of at least 4 members (excludes halogenated alkanes) is 10. The minimum atomic E-state index is 0.0651. The van der Waals surface area contributed by atoms with Crippen LogP contribution in [0.2, 0.25) is 0 Å². The Labute approximate surface area is 146 Å². The summed E-state index contributed by atoms with van der Waals surface area (Å²) in [6.07, 6.45) is 19.6. The molecule has 0 aromatic heterocycles. The van der Waals surface area contributed by atoms with Crippen molar-refractivity contribution in [3.05, 3.63) is 0 Å². The maximum absolute atomic E-state index is 5.91. The Morgan fingerprint density at radius 2 is 1.45 bits per heavy atom. The third-order valence-corrected chi connectivity index (χ3v) is 4.90. The van der Waals surface area contributed by atoms with Crippen molar-refractivity contribution < 1.29 is 9.47 Å². The molecule has 1 aliphatic rings. The molecule has 1 rings (SSSR count). The molecule has 0 aliphatic carbocycles. The summed E-state index contributed by atoms with van der Waals surface area (Å²) >= 11 is 3.38. The number of ether oxygens (including phenoxy) is 2. The molecule has 1 aliphatic heterocycles. The van der Waals surface area contributed by atoms with Gasteiger partial charge in [-0.05, 0) is 12.8 Å². The highest BCUT2D eigenvalue weighted by Crippen LogP contribution is 2.25. The summed E-state index contributed by atoms with van der Waals surface area (Å²) in [5.74, 6) is 0. The van der Waals surface area contributed by atoms with Crippen LogP contribution >= 0.6 is 15.9 Å². The first-order chi connectivity index (χ1) is 10.9. The van der Waals surface area contributed by atoms with Crippen molar-refractivity contribution in [2.45, 2.75) is 109 Å². The average Bonchev–Trinajstić information content (AvgIpc) is 2.98. The van der Waals surface area contributed by atoms with Crippen LogP contribution in [0.3, 0.4) is 0 Å². The second-order valence-corrected chi connectivity index (χ2v) is 7.44. The summed E-state index contributed by atoms with van der Waals surface area (Å²) in [5, 5.41) is 0.899. The third kappa shape index (κ3) is 11.0. The van der Waals surface area contributed by atoms with E-state index < -0.39 is 0 Å². The smallest absolute Gasteiger partial charge is 0.158 e. The topological polar surface area (TPSA) is 18.5 Å². The molecule has 0 aromatic carbocycles. The van der Waals surface area contributed by atoms with Gasteiger partial charge in [0, 0.05) is 11.8 Å². The Hall–Kier alpha value is 0.400. The van der Waals surface area contributed by atoms with E-state index in [1.165, 1.54) is 83.5 Å². The molecular formula is C19H37BrO2. The molecule has 1 saturated heterocycles. The van der Waals surface area contributed by atoms with E-state index in [2.05, 4.69) is 22.9 Å². The van der Waals surface area contributed by atoms with Gasteiger partial charge in [0.05, 0.1) is 12.7 Å². The van der Waals surface area contributed by atoms with E-state index in [0.29, 0.717) is 6.10 Å². The number of hydrogen-bond acceptors (Lipinski definition) is 2. The molecule has 0 amide bonds. The van der Waals surface area contributed by atoms with Gasteiger partial charge in [-0.25, -0.2) is 0 Å². The zero-order valence-electron chi connectivity index (χ0n) is 14.7. The molecule has 2 nitrogen and oxygen atoms in total. The zero-order chi connectivity index (χ0) is 15.9. The van der Waals surface area contributed by atoms with Crippen LogP contribution in [0.5, 0.6) is 0 Å². The lowest BCUT2D eigenvalue weighted by molar-refractivity contribution is -0.130. The molecule has 0 bridgehead atoms. The summed E-state index contributed by atoms with van der Waals surface area (Å²) in [6, 6.07) is 0. The van der Waals surface area contributed by atoms with Gasteiger partial charge in [0.25, 0.3) is 0 Å². The molecule has 0 radical (unpaired) electrons. The highest BCUT2D eigenvalue weighted by atomic mass is 79.9. The lowest BCUT2D eigenvalue weighted by Crippen LogP contribution is -2.15. The Morgan fingerprint density at radius 1 is 0.864 bits per heavy atom. The van der Waals surface area contributed by atoms with Gasteiger partial charge >= 0.3 is 0 Å². The number of rotatable bonds is 15. The number of alkyl halides is 1. The molecule has 1 fully saturated rings. The zero-order valence-corrected chi connectivity index (χ0v) is 16.2. The van der Waals surface area contributed by atoms with Crippen molar-refractivity contribution in [3.63, 3.8) is 0 Å². The van der Waals surface area contributed by atoms with Crippen molar-refractivity contribution in [2.24, 2.45) is 0 Å². The maximum Gasteiger partial charge on any atom is 0.158 e. The van der Waals surface area contributed by atoms with Crippen LogP contribution in [-0.4, -0.2) is 24.3 Å². The van der Waals surface area contributed by atoms with Gasteiger partial charge in [-0.1, -0.05) is 93.5 Å². The van der Waals surface area contributed by atoms with Gasteiger partial charge in [-0.3, -0.25) is 0 Å². The molecule has 3 heteroatoms. The lowest BCUT2D eigenvalue weighted by atomic mass is 10.0. The van der Waals surface area contributed by atoms with Crippen molar-refractivity contribution in [1.29, 1.82) is 0 Å². The first-order valence-corrected chi connectivity index (χ1v) is 10.8. The molecule has 132 valence electrons. The first kappa shape index (κ1) is 20.4. The van der Waals surface area contributed by atoms with Crippen LogP contribution in [0.1, 0.15) is 96.8 Å². The van der Waals surface area contributed by atoms with Crippen molar-refractivity contribution >= 4 is 15.9 Å². The van der Waals surface area contributed by atoms with E-state index in [-0.39, 0.29) is 6.29 Å². The quantitative estimate of drug-likeness (QED) is 0.236. The van der Waals surface area contributed by atoms with Gasteiger partial charge < -0.3 is 9.47 Å². The van der Waals surface area contributed by atoms with Crippen LogP contribution in [0.15, 0.2) is 0 Å². The molecule has 0 N–H and O–H groups in total. The monoisotopic (exact) mass is 376 g/mol. The van der Waals surface area contributed by atoms with Gasteiger partial charge in [0.2, 0.25) is 0 Å². The van der Waals surface area contributed by atoms with Crippen molar-refractivity contribution in [1.82, 2.24) is 0 Å². The Morgan fingerprint density at radius 3 is 2.05 bits per heavy atom. The van der Waals surface area contributed by atoms with E-state index in [1.807, 2.05) is 0 Å². The van der Waals surface area contributed by atoms with Gasteiger partial charge in [-0.2, -0.15) is 0 Å². The van der Waals surface area contributed by atoms with Crippen LogP contribution in [0.4, 0.5) is 0 Å². The lowest BCUT2D eigenvalue weighted by Gasteiger charge is -2.13. The fraction of sp³-hybridized carbons (Fsp3) is 1.00. The second kappa shape index (κ2) is 15.0. The van der Waals surface area contributed by atoms with Crippen molar-refractivity contribution in [3.8, 4) is 0 Å². The summed E-state index contributed by atoms with van der Waals surface area (Å²) in [7, 11) is 0. The molecule has 0 spiro atoms. The van der Waals surface area contributed by atoms with Gasteiger partial charge in [-0.15, -0.1) is 0 Å². The molecule has 22 heavy (non-hydrogen) atoms. The summed E-state index contributed by atoms with van der Waals surface area (Å²) in [6.45, 7) is 3.04. The molecule has 0 saturated carbocycles. The molecule has 2 atom stereocenters. The third-order valence-electron chi connectivity index (χ3n) is 4.58. The summed E-state index contributed by atoms with van der Waals surface area (Å²) in [5.41, 5.74) is 0. The predicted octanol–water partition coefficient (Wildman–Crippen LogP) is 6.60. The standard InChI is InChI=1S/C19H37BrO2/c1-2-3-4-5-6-7-8-9-10-11-12-13-18-14-15-19(22-18)21-17-16-20/h18-19H,2-17H2,1H3. The number of hydrogen-bond donors (Lipinski definition) is 0. The SMILES string of the molecule is CCCCCCCCCCCCCC1CCC(OCCBr)O1. The van der Waals surface area contributed by atoms with E-state index in [0.717, 1.165) is 18.4 Å². The summed E-state index contributed by atoms with van der Waals surface area (Å²) in [4.78, 5) is 0. The van der Waals surface area contributed by atoms with Crippen LogP contribution in [0.25, 0.3) is 0 Å². The Balaban J connectivity index is 1.78. The second-order valence-electron chi connectivity index (χ2n) is 6.65. The summed E-state index contributed by atoms with van der Waals surface area (Å²) < 4.78 is 11.5. The van der Waals surface area contributed by atoms with E-state index in [4.69, 9.17) is 9.47 Å². The fourth-order valence-electron chi connectivity index (χ4n) is 3.22. The minimum Gasteiger partial charge on any atom is -0.352 e. The fourth-order valence-corrected chi connectivity index (χ4v) is 3.41. The van der Waals surface area contributed by atoms with Crippen LogP contribution in [0, 0.1) is 0 Å². The highest BCUT2D eigenvalue weighted by Gasteiger charge is 2.24. The van der Waals surface area contributed by atoms with E-state index >= 15 is 0 Å². The van der Waals surface area contributed by atoms with Crippen LogP contribution in [-0.2, 0) is 9.47 Å². The first-order valence-electron chi connectivity index (χ1n) is 9.69. The van der Waals surface area contributed by atoms with E-state index in [1.54, 1.807) is 0 Å². The van der Waals surface area contributed by atoms with Crippen molar-refractivity contribution in [2.75, 3.05) is 11.9 Å². The number of halogens is 1. The normalized spacial score (nSPS) is 21.5.